The lowest BCUT2D eigenvalue weighted by Gasteiger charge is -2.32. The molecule has 1 amide bonds. The number of alkyl halides is 3. The van der Waals surface area contributed by atoms with Crippen molar-refractivity contribution in [2.75, 3.05) is 11.4 Å². The topological polar surface area (TPSA) is 105 Å². The number of benzene rings is 1. The molecule has 4 N–H and O–H groups in total. The summed E-state index contributed by atoms with van der Waals surface area (Å²) in [6, 6.07) is 4.05. The number of carbonyl (C=O) groups excluding carboxylic acids is 1. The Morgan fingerprint density at radius 1 is 1.25 bits per heavy atom. The summed E-state index contributed by atoms with van der Waals surface area (Å²) in [5, 5.41) is 22.5. The average molecular weight is 340 g/mol. The summed E-state index contributed by atoms with van der Waals surface area (Å²) < 4.78 is 39.1. The van der Waals surface area contributed by atoms with Gasteiger partial charge < -0.3 is 20.7 Å². The third-order valence-electron chi connectivity index (χ3n) is 3.74. The van der Waals surface area contributed by atoms with Gasteiger partial charge in [0.15, 0.2) is 0 Å². The molecule has 1 aliphatic heterocycles. The number of amides is 1. The van der Waals surface area contributed by atoms with Gasteiger partial charge >= 0.3 is 13.3 Å². The van der Waals surface area contributed by atoms with Crippen LogP contribution in [-0.2, 0) is 6.18 Å². The Balaban J connectivity index is 1.98. The van der Waals surface area contributed by atoms with Crippen LogP contribution in [0.1, 0.15) is 22.2 Å². The van der Waals surface area contributed by atoms with Crippen molar-refractivity contribution in [3.05, 3.63) is 41.7 Å². The molecule has 0 saturated carbocycles. The van der Waals surface area contributed by atoms with Gasteiger partial charge in [-0.1, -0.05) is 0 Å². The maximum absolute atomic E-state index is 12.6. The monoisotopic (exact) mass is 340 g/mol. The van der Waals surface area contributed by atoms with Crippen molar-refractivity contribution in [3.8, 4) is 0 Å². The zero-order valence-electron chi connectivity index (χ0n) is 12.1. The highest BCUT2D eigenvalue weighted by atomic mass is 19.4. The first-order valence-electron chi connectivity index (χ1n) is 6.88. The van der Waals surface area contributed by atoms with Gasteiger partial charge in [-0.3, -0.25) is 4.79 Å². The standard InChI is InChI=1S/C13H12BF3N4O3/c15-13(16,17)7-1-3-8(4-2-7)20-6-10(18)21-11(12(20)22)9(5-19-21)14(23)24/h1-5,10,23-24H,6,18H2/t10-/m1/s1. The van der Waals surface area contributed by atoms with Crippen LogP contribution in [0.25, 0.3) is 0 Å². The first-order chi connectivity index (χ1) is 11.2. The Hall–Kier alpha value is -2.37. The third-order valence-corrected chi connectivity index (χ3v) is 3.74. The van der Waals surface area contributed by atoms with E-state index in [2.05, 4.69) is 5.10 Å². The van der Waals surface area contributed by atoms with E-state index in [0.29, 0.717) is 0 Å². The largest absolute Gasteiger partial charge is 0.492 e. The lowest BCUT2D eigenvalue weighted by atomic mass is 9.80. The molecule has 0 bridgehead atoms. The van der Waals surface area contributed by atoms with Crippen molar-refractivity contribution in [1.82, 2.24) is 9.78 Å². The van der Waals surface area contributed by atoms with E-state index in [1.54, 1.807) is 0 Å². The molecular formula is C13H12BF3N4O3. The molecule has 2 aromatic rings. The zero-order valence-corrected chi connectivity index (χ0v) is 12.1. The summed E-state index contributed by atoms with van der Waals surface area (Å²) in [5.41, 5.74) is 5.07. The first kappa shape index (κ1) is 16.5. The molecule has 0 fully saturated rings. The molecule has 0 aliphatic carbocycles. The van der Waals surface area contributed by atoms with E-state index in [1.807, 2.05) is 0 Å². The Bertz CT molecular complexity index is 762. The number of aromatic nitrogens is 2. The second kappa shape index (κ2) is 5.62. The lowest BCUT2D eigenvalue weighted by Crippen LogP contribution is -2.50. The van der Waals surface area contributed by atoms with Crippen molar-refractivity contribution < 1.29 is 28.0 Å². The molecule has 24 heavy (non-hydrogen) atoms. The SMILES string of the molecule is N[C@H]1CN(c2ccc(C(F)(F)F)cc2)C(=O)c2c(B(O)O)cnn21. The number of nitrogens with two attached hydrogens (primary N) is 1. The Morgan fingerprint density at radius 3 is 2.42 bits per heavy atom. The maximum Gasteiger partial charge on any atom is 0.492 e. The number of rotatable bonds is 2. The zero-order chi connectivity index (χ0) is 17.6. The molecule has 0 radical (unpaired) electrons. The van der Waals surface area contributed by atoms with Crippen molar-refractivity contribution in [2.24, 2.45) is 5.73 Å². The van der Waals surface area contributed by atoms with Crippen LogP contribution in [0.4, 0.5) is 18.9 Å². The minimum atomic E-state index is -4.48. The summed E-state index contributed by atoms with van der Waals surface area (Å²) in [7, 11) is -1.92. The number of halogens is 3. The van der Waals surface area contributed by atoms with Gasteiger partial charge in [0.1, 0.15) is 11.9 Å². The van der Waals surface area contributed by atoms with E-state index in [4.69, 9.17) is 5.73 Å². The van der Waals surface area contributed by atoms with Gasteiger partial charge in [0.25, 0.3) is 5.91 Å². The Labute approximate surface area is 134 Å². The molecule has 1 atom stereocenters. The van der Waals surface area contributed by atoms with Crippen molar-refractivity contribution in [2.45, 2.75) is 12.3 Å². The van der Waals surface area contributed by atoms with E-state index >= 15 is 0 Å². The summed E-state index contributed by atoms with van der Waals surface area (Å²) >= 11 is 0. The first-order valence-corrected chi connectivity index (χ1v) is 6.88. The van der Waals surface area contributed by atoms with Crippen LogP contribution in [0.15, 0.2) is 30.5 Å². The highest BCUT2D eigenvalue weighted by Crippen LogP contribution is 2.31. The van der Waals surface area contributed by atoms with Crippen molar-refractivity contribution in [3.63, 3.8) is 0 Å². The van der Waals surface area contributed by atoms with Gasteiger partial charge in [-0.05, 0) is 24.3 Å². The van der Waals surface area contributed by atoms with Gasteiger partial charge in [0.2, 0.25) is 0 Å². The lowest BCUT2D eigenvalue weighted by molar-refractivity contribution is -0.137. The van der Waals surface area contributed by atoms with E-state index in [9.17, 15) is 28.0 Å². The van der Waals surface area contributed by atoms with Crippen LogP contribution in [0.5, 0.6) is 0 Å². The van der Waals surface area contributed by atoms with Crippen LogP contribution in [0.3, 0.4) is 0 Å². The molecular weight excluding hydrogens is 328 g/mol. The molecule has 0 spiro atoms. The summed E-state index contributed by atoms with van der Waals surface area (Å²) in [6.45, 7) is -0.0140. The molecule has 0 unspecified atom stereocenters. The molecule has 0 saturated heterocycles. The molecule has 11 heteroatoms. The second-order valence-corrected chi connectivity index (χ2v) is 5.29. The molecule has 2 heterocycles. The number of hydrogen-bond donors (Lipinski definition) is 3. The van der Waals surface area contributed by atoms with Gasteiger partial charge in [-0.15, -0.1) is 0 Å². The van der Waals surface area contributed by atoms with Crippen LogP contribution >= 0.6 is 0 Å². The summed E-state index contributed by atoms with van der Waals surface area (Å²) in [4.78, 5) is 13.8. The number of carbonyl (C=O) groups is 1. The normalized spacial score (nSPS) is 17.8. The minimum Gasteiger partial charge on any atom is -0.423 e. The number of anilines is 1. The quantitative estimate of drug-likeness (QED) is 0.651. The highest BCUT2D eigenvalue weighted by Gasteiger charge is 2.37. The van der Waals surface area contributed by atoms with Gasteiger partial charge in [0.05, 0.1) is 12.1 Å². The molecule has 1 aromatic carbocycles. The highest BCUT2D eigenvalue weighted by molar-refractivity contribution is 6.60. The van der Waals surface area contributed by atoms with Crippen molar-refractivity contribution in [1.29, 1.82) is 0 Å². The molecule has 7 nitrogen and oxygen atoms in total. The Morgan fingerprint density at radius 2 is 1.88 bits per heavy atom. The number of nitrogens with zero attached hydrogens (tertiary/aromatic N) is 3. The van der Waals surface area contributed by atoms with Crippen LogP contribution in [0, 0.1) is 0 Å². The Kier molecular flexibility index (Phi) is 3.86. The van der Waals surface area contributed by atoms with E-state index < -0.39 is 30.9 Å². The fourth-order valence-electron chi connectivity index (χ4n) is 2.57. The molecule has 1 aliphatic rings. The predicted octanol–water partition coefficient (Wildman–Crippen LogP) is -0.301. The summed E-state index contributed by atoms with van der Waals surface area (Å²) in [5.74, 6) is -0.628. The van der Waals surface area contributed by atoms with Crippen molar-refractivity contribution >= 4 is 24.2 Å². The van der Waals surface area contributed by atoms with E-state index in [0.717, 1.165) is 35.1 Å². The summed E-state index contributed by atoms with van der Waals surface area (Å²) in [6.07, 6.45) is -4.13. The average Bonchev–Trinajstić information content (AvgIpc) is 2.96. The van der Waals surface area contributed by atoms with Crippen LogP contribution in [-0.4, -0.2) is 39.4 Å². The molecule has 126 valence electrons. The smallest absolute Gasteiger partial charge is 0.423 e. The molecule has 1 aromatic heterocycles. The number of hydrogen-bond acceptors (Lipinski definition) is 5. The predicted molar refractivity (Wildman–Crippen MR) is 78.4 cm³/mol. The maximum atomic E-state index is 12.6. The van der Waals surface area contributed by atoms with Gasteiger partial charge in [-0.25, -0.2) is 4.68 Å². The number of fused-ring (bicyclic) bond motifs is 1. The van der Waals surface area contributed by atoms with Gasteiger partial charge in [-0.2, -0.15) is 18.3 Å². The fraction of sp³-hybridized carbons (Fsp3) is 0.231. The van der Waals surface area contributed by atoms with Crippen LogP contribution < -0.4 is 16.1 Å². The minimum absolute atomic E-state index is 0.0140. The van der Waals surface area contributed by atoms with E-state index in [-0.39, 0.29) is 23.4 Å². The van der Waals surface area contributed by atoms with Gasteiger partial charge in [0, 0.05) is 17.3 Å². The third kappa shape index (κ3) is 2.66. The second-order valence-electron chi connectivity index (χ2n) is 5.29. The van der Waals surface area contributed by atoms with E-state index in [1.165, 1.54) is 4.90 Å². The van der Waals surface area contributed by atoms with Crippen LogP contribution in [0.2, 0.25) is 0 Å². The molecule has 3 rings (SSSR count). The fourth-order valence-corrected chi connectivity index (χ4v) is 2.57.